The normalized spacial score (nSPS) is 24.1. The molecule has 0 aliphatic heterocycles. The van der Waals surface area contributed by atoms with Gasteiger partial charge >= 0.3 is 0 Å². The molecule has 3 unspecified atom stereocenters. The lowest BCUT2D eigenvalue weighted by Gasteiger charge is -2.26. The van der Waals surface area contributed by atoms with Crippen molar-refractivity contribution in [3.63, 3.8) is 0 Å². The van der Waals surface area contributed by atoms with Gasteiger partial charge in [-0.25, -0.2) is 0 Å². The highest BCUT2D eigenvalue weighted by Crippen LogP contribution is 2.36. The molecule has 3 atom stereocenters. The minimum absolute atomic E-state index is 0.452. The molecule has 1 saturated carbocycles. The first-order valence-electron chi connectivity index (χ1n) is 8.82. The Morgan fingerprint density at radius 1 is 1.29 bits per heavy atom. The minimum Gasteiger partial charge on any atom is -0.339 e. The van der Waals surface area contributed by atoms with E-state index in [1.807, 2.05) is 0 Å². The van der Waals surface area contributed by atoms with E-state index >= 15 is 0 Å². The van der Waals surface area contributed by atoms with E-state index in [0.717, 1.165) is 43.4 Å². The first-order chi connectivity index (χ1) is 10.3. The zero-order valence-electron chi connectivity index (χ0n) is 13.9. The van der Waals surface area contributed by atoms with Crippen LogP contribution in [0.1, 0.15) is 83.3 Å². The molecule has 2 rings (SSSR count). The summed E-state index contributed by atoms with van der Waals surface area (Å²) in [5.74, 6) is 3.12. The summed E-state index contributed by atoms with van der Waals surface area (Å²) in [7, 11) is 0. The summed E-state index contributed by atoms with van der Waals surface area (Å²) in [6.45, 7) is 7.75. The van der Waals surface area contributed by atoms with Gasteiger partial charge in [0.1, 0.15) is 0 Å². The van der Waals surface area contributed by atoms with E-state index in [-0.39, 0.29) is 0 Å². The maximum Gasteiger partial charge on any atom is 0.228 e. The molecule has 1 aliphatic carbocycles. The Bertz CT molecular complexity index is 404. The smallest absolute Gasteiger partial charge is 0.228 e. The van der Waals surface area contributed by atoms with E-state index in [1.54, 1.807) is 0 Å². The van der Waals surface area contributed by atoms with E-state index in [9.17, 15) is 0 Å². The molecule has 0 radical (unpaired) electrons. The Hall–Kier alpha value is -0.900. The summed E-state index contributed by atoms with van der Waals surface area (Å²) in [5, 5.41) is 7.81. The molecule has 120 valence electrons. The van der Waals surface area contributed by atoms with Gasteiger partial charge in [0.05, 0.1) is 0 Å². The molecule has 4 heteroatoms. The zero-order valence-corrected chi connectivity index (χ0v) is 13.9. The van der Waals surface area contributed by atoms with Crippen molar-refractivity contribution in [2.24, 2.45) is 5.92 Å². The molecule has 0 aromatic carbocycles. The van der Waals surface area contributed by atoms with Crippen molar-refractivity contribution in [1.29, 1.82) is 0 Å². The number of nitrogens with one attached hydrogen (secondary N) is 1. The molecule has 0 amide bonds. The Balaban J connectivity index is 1.91. The third kappa shape index (κ3) is 4.80. The van der Waals surface area contributed by atoms with Crippen molar-refractivity contribution >= 4 is 0 Å². The highest BCUT2D eigenvalue weighted by Gasteiger charge is 2.26. The summed E-state index contributed by atoms with van der Waals surface area (Å²) in [6, 6.07) is 0.452. The predicted molar refractivity (Wildman–Crippen MR) is 85.4 cm³/mol. The van der Waals surface area contributed by atoms with Gasteiger partial charge in [-0.3, -0.25) is 0 Å². The van der Waals surface area contributed by atoms with Crippen LogP contribution in [0.3, 0.4) is 0 Å². The lowest BCUT2D eigenvalue weighted by molar-refractivity contribution is 0.297. The Morgan fingerprint density at radius 2 is 2.14 bits per heavy atom. The van der Waals surface area contributed by atoms with E-state index < -0.39 is 0 Å². The molecule has 1 aromatic heterocycles. The summed E-state index contributed by atoms with van der Waals surface area (Å²) in [5.41, 5.74) is 0. The van der Waals surface area contributed by atoms with Crippen LogP contribution in [0.5, 0.6) is 0 Å². The van der Waals surface area contributed by atoms with Crippen LogP contribution in [0.15, 0.2) is 4.52 Å². The van der Waals surface area contributed by atoms with Gasteiger partial charge in [-0.2, -0.15) is 4.98 Å². The van der Waals surface area contributed by atoms with Crippen molar-refractivity contribution < 1.29 is 4.52 Å². The molecule has 4 nitrogen and oxygen atoms in total. The summed E-state index contributed by atoms with van der Waals surface area (Å²) >= 11 is 0. The molecule has 1 heterocycles. The molecule has 1 fully saturated rings. The van der Waals surface area contributed by atoms with Gasteiger partial charge < -0.3 is 9.84 Å². The van der Waals surface area contributed by atoms with Crippen LogP contribution in [0.2, 0.25) is 0 Å². The van der Waals surface area contributed by atoms with Crippen LogP contribution >= 0.6 is 0 Å². The number of rotatable bonds is 8. The molecule has 1 aromatic rings. The van der Waals surface area contributed by atoms with Gasteiger partial charge in [-0.1, -0.05) is 45.2 Å². The van der Waals surface area contributed by atoms with E-state index in [4.69, 9.17) is 4.52 Å². The molecular formula is C17H31N3O. The second kappa shape index (κ2) is 8.52. The second-order valence-corrected chi connectivity index (χ2v) is 6.45. The number of hydrogen-bond donors (Lipinski definition) is 1. The van der Waals surface area contributed by atoms with Crippen molar-refractivity contribution in [1.82, 2.24) is 15.5 Å². The highest BCUT2D eigenvalue weighted by molar-refractivity contribution is 4.99. The monoisotopic (exact) mass is 293 g/mol. The standard InChI is InChI=1S/C17H31N3O/c1-4-10-18-15(6-3)12-16-19-17(20-21-16)14-9-7-8-13(5-2)11-14/h13-15,18H,4-12H2,1-3H3. The van der Waals surface area contributed by atoms with Crippen molar-refractivity contribution in [3.8, 4) is 0 Å². The highest BCUT2D eigenvalue weighted by atomic mass is 16.5. The van der Waals surface area contributed by atoms with E-state index in [0.29, 0.717) is 12.0 Å². The maximum absolute atomic E-state index is 5.50. The van der Waals surface area contributed by atoms with Gasteiger partial charge in [-0.05, 0) is 38.1 Å². The van der Waals surface area contributed by atoms with Gasteiger partial charge in [0, 0.05) is 18.4 Å². The lowest BCUT2D eigenvalue weighted by atomic mass is 9.80. The van der Waals surface area contributed by atoms with Crippen molar-refractivity contribution in [3.05, 3.63) is 11.7 Å². The average Bonchev–Trinajstić information content (AvgIpc) is 3.00. The number of aromatic nitrogens is 2. The van der Waals surface area contributed by atoms with Gasteiger partial charge in [0.25, 0.3) is 0 Å². The van der Waals surface area contributed by atoms with Crippen LogP contribution in [0, 0.1) is 5.92 Å². The first kappa shape index (κ1) is 16.5. The van der Waals surface area contributed by atoms with E-state index in [2.05, 4.69) is 36.2 Å². The second-order valence-electron chi connectivity index (χ2n) is 6.45. The Kier molecular flexibility index (Phi) is 6.68. The number of nitrogens with zero attached hydrogens (tertiary/aromatic N) is 2. The maximum atomic E-state index is 5.50. The molecule has 21 heavy (non-hydrogen) atoms. The van der Waals surface area contributed by atoms with Crippen LogP contribution in [0.25, 0.3) is 0 Å². The summed E-state index contributed by atoms with van der Waals surface area (Å²) in [4.78, 5) is 4.68. The van der Waals surface area contributed by atoms with E-state index in [1.165, 1.54) is 32.1 Å². The molecule has 0 spiro atoms. The average molecular weight is 293 g/mol. The molecular weight excluding hydrogens is 262 g/mol. The quantitative estimate of drug-likeness (QED) is 0.785. The van der Waals surface area contributed by atoms with Crippen LogP contribution in [0.4, 0.5) is 0 Å². The SMILES string of the molecule is CCCNC(CC)Cc1nc(C2CCCC(CC)C2)no1. The third-order valence-electron chi connectivity index (χ3n) is 4.81. The van der Waals surface area contributed by atoms with Crippen molar-refractivity contribution in [2.75, 3.05) is 6.54 Å². The van der Waals surface area contributed by atoms with Gasteiger partial charge in [-0.15, -0.1) is 0 Å². The predicted octanol–water partition coefficient (Wildman–Crippen LogP) is 4.07. The van der Waals surface area contributed by atoms with Gasteiger partial charge in [0.2, 0.25) is 5.89 Å². The molecule has 0 bridgehead atoms. The third-order valence-corrected chi connectivity index (χ3v) is 4.81. The lowest BCUT2D eigenvalue weighted by Crippen LogP contribution is -2.31. The van der Waals surface area contributed by atoms with Crippen LogP contribution < -0.4 is 5.32 Å². The summed E-state index contributed by atoms with van der Waals surface area (Å²) in [6.07, 6.45) is 9.53. The molecule has 0 saturated heterocycles. The molecule has 1 N–H and O–H groups in total. The van der Waals surface area contributed by atoms with Crippen LogP contribution in [-0.4, -0.2) is 22.7 Å². The van der Waals surface area contributed by atoms with Gasteiger partial charge in [0.15, 0.2) is 5.82 Å². The first-order valence-corrected chi connectivity index (χ1v) is 8.82. The largest absolute Gasteiger partial charge is 0.339 e. The summed E-state index contributed by atoms with van der Waals surface area (Å²) < 4.78 is 5.50. The minimum atomic E-state index is 0.452. The fraction of sp³-hybridized carbons (Fsp3) is 0.882. The Labute approximate surface area is 129 Å². The van der Waals surface area contributed by atoms with Crippen molar-refractivity contribution in [2.45, 2.75) is 84.1 Å². The Morgan fingerprint density at radius 3 is 2.86 bits per heavy atom. The number of hydrogen-bond acceptors (Lipinski definition) is 4. The fourth-order valence-corrected chi connectivity index (χ4v) is 3.33. The fourth-order valence-electron chi connectivity index (χ4n) is 3.33. The molecule has 1 aliphatic rings. The van der Waals surface area contributed by atoms with Crippen LogP contribution in [-0.2, 0) is 6.42 Å². The zero-order chi connectivity index (χ0) is 15.1. The topological polar surface area (TPSA) is 51.0 Å².